The molecule has 2 amide bonds. The van der Waals surface area contributed by atoms with Crippen LogP contribution in [0.15, 0.2) is 4.99 Å². The highest BCUT2D eigenvalue weighted by atomic mass is 127. The van der Waals surface area contributed by atoms with Crippen LogP contribution in [-0.4, -0.2) is 61.4 Å². The van der Waals surface area contributed by atoms with Crippen molar-refractivity contribution in [1.29, 1.82) is 0 Å². The van der Waals surface area contributed by atoms with Gasteiger partial charge in [0.2, 0.25) is 11.8 Å². The molecule has 7 nitrogen and oxygen atoms in total. The Bertz CT molecular complexity index is 429. The van der Waals surface area contributed by atoms with Crippen molar-refractivity contribution in [3.63, 3.8) is 0 Å². The van der Waals surface area contributed by atoms with Crippen LogP contribution in [-0.2, 0) is 9.59 Å². The van der Waals surface area contributed by atoms with Gasteiger partial charge in [0.1, 0.15) is 0 Å². The molecular formula is C16H32IN5O2. The standard InChI is InChI=1S/C16H31N5O2.HI/c1-5-14(22)21-10-7-13(11-21)20-16(17-6-2)19-9-8-18-15(23)12(3)4;/h12-13H,5-11H2,1-4H3,(H,18,23)(H2,17,19,20);1H. The largest absolute Gasteiger partial charge is 0.357 e. The predicted octanol–water partition coefficient (Wildman–Crippen LogP) is 0.943. The van der Waals surface area contributed by atoms with E-state index in [2.05, 4.69) is 20.9 Å². The first-order valence-corrected chi connectivity index (χ1v) is 8.58. The summed E-state index contributed by atoms with van der Waals surface area (Å²) in [6.45, 7) is 11.0. The molecule has 0 saturated carbocycles. The van der Waals surface area contributed by atoms with Crippen molar-refractivity contribution in [2.24, 2.45) is 10.9 Å². The van der Waals surface area contributed by atoms with Gasteiger partial charge in [-0.1, -0.05) is 20.8 Å². The molecule has 1 atom stereocenters. The molecule has 1 fully saturated rings. The van der Waals surface area contributed by atoms with E-state index in [1.807, 2.05) is 32.6 Å². The van der Waals surface area contributed by atoms with Gasteiger partial charge in [-0.3, -0.25) is 14.6 Å². The minimum Gasteiger partial charge on any atom is -0.357 e. The number of likely N-dealkylation sites (tertiary alicyclic amines) is 1. The molecule has 3 N–H and O–H groups in total. The van der Waals surface area contributed by atoms with Gasteiger partial charge in [0.25, 0.3) is 0 Å². The second-order valence-corrected chi connectivity index (χ2v) is 6.03. The SMILES string of the molecule is CCNC(=NCCNC(=O)C(C)C)NC1CCN(C(=O)CC)C1.I. The van der Waals surface area contributed by atoms with E-state index in [0.717, 1.165) is 32.0 Å². The van der Waals surface area contributed by atoms with E-state index >= 15 is 0 Å². The van der Waals surface area contributed by atoms with Gasteiger partial charge in [-0.2, -0.15) is 0 Å². The number of nitrogens with zero attached hydrogens (tertiary/aromatic N) is 2. The summed E-state index contributed by atoms with van der Waals surface area (Å²) in [6, 6.07) is 0.230. The molecule has 1 saturated heterocycles. The van der Waals surface area contributed by atoms with Crippen molar-refractivity contribution >= 4 is 41.8 Å². The van der Waals surface area contributed by atoms with Crippen LogP contribution in [0, 0.1) is 5.92 Å². The maximum Gasteiger partial charge on any atom is 0.222 e. The number of carbonyl (C=O) groups excluding carboxylic acids is 2. The average Bonchev–Trinajstić information content (AvgIpc) is 2.99. The lowest BCUT2D eigenvalue weighted by Crippen LogP contribution is -2.45. The highest BCUT2D eigenvalue weighted by molar-refractivity contribution is 14.0. The number of carbonyl (C=O) groups is 2. The summed E-state index contributed by atoms with van der Waals surface area (Å²) in [7, 11) is 0. The number of guanidine groups is 1. The molecule has 8 heteroatoms. The van der Waals surface area contributed by atoms with Crippen molar-refractivity contribution in [2.45, 2.75) is 46.6 Å². The summed E-state index contributed by atoms with van der Waals surface area (Å²) in [5, 5.41) is 9.42. The molecule has 1 aliphatic rings. The number of nitrogens with one attached hydrogen (secondary N) is 3. The van der Waals surface area contributed by atoms with Crippen molar-refractivity contribution in [2.75, 3.05) is 32.7 Å². The van der Waals surface area contributed by atoms with Gasteiger partial charge in [-0.25, -0.2) is 0 Å². The Hall–Kier alpha value is -1.06. The molecule has 1 heterocycles. The van der Waals surface area contributed by atoms with Gasteiger partial charge in [0.05, 0.1) is 6.54 Å². The van der Waals surface area contributed by atoms with E-state index in [9.17, 15) is 9.59 Å². The number of aliphatic imine (C=N–C) groups is 1. The summed E-state index contributed by atoms with van der Waals surface area (Å²) >= 11 is 0. The molecule has 1 rings (SSSR count). The third-order valence-electron chi connectivity index (χ3n) is 3.73. The molecule has 1 aliphatic heterocycles. The van der Waals surface area contributed by atoms with Gasteiger partial charge < -0.3 is 20.9 Å². The maximum absolute atomic E-state index is 11.7. The van der Waals surface area contributed by atoms with Crippen molar-refractivity contribution in [3.05, 3.63) is 0 Å². The average molecular weight is 453 g/mol. The Morgan fingerprint density at radius 1 is 1.25 bits per heavy atom. The van der Waals surface area contributed by atoms with E-state index in [0.29, 0.717) is 19.5 Å². The van der Waals surface area contributed by atoms with E-state index in [-0.39, 0.29) is 47.8 Å². The zero-order chi connectivity index (χ0) is 17.2. The second-order valence-electron chi connectivity index (χ2n) is 6.03. The third kappa shape index (κ3) is 8.16. The lowest BCUT2D eigenvalue weighted by molar-refractivity contribution is -0.129. The molecule has 0 radical (unpaired) electrons. The van der Waals surface area contributed by atoms with Gasteiger partial charge in [0, 0.05) is 44.6 Å². The fraction of sp³-hybridized carbons (Fsp3) is 0.812. The van der Waals surface area contributed by atoms with Crippen LogP contribution in [0.3, 0.4) is 0 Å². The molecule has 140 valence electrons. The number of rotatable bonds is 7. The molecule has 1 unspecified atom stereocenters. The lowest BCUT2D eigenvalue weighted by Gasteiger charge is -2.18. The van der Waals surface area contributed by atoms with Gasteiger partial charge in [-0.15, -0.1) is 24.0 Å². The zero-order valence-electron chi connectivity index (χ0n) is 15.2. The van der Waals surface area contributed by atoms with Crippen LogP contribution < -0.4 is 16.0 Å². The van der Waals surface area contributed by atoms with Gasteiger partial charge in [-0.05, 0) is 13.3 Å². The Morgan fingerprint density at radius 2 is 1.96 bits per heavy atom. The van der Waals surface area contributed by atoms with Gasteiger partial charge in [0.15, 0.2) is 5.96 Å². The van der Waals surface area contributed by atoms with E-state index in [1.165, 1.54) is 0 Å². The molecule has 0 spiro atoms. The zero-order valence-corrected chi connectivity index (χ0v) is 17.6. The third-order valence-corrected chi connectivity index (χ3v) is 3.73. The maximum atomic E-state index is 11.7. The van der Waals surface area contributed by atoms with Crippen LogP contribution in [0.4, 0.5) is 0 Å². The minimum atomic E-state index is -0.00841. The van der Waals surface area contributed by atoms with Crippen LogP contribution in [0.5, 0.6) is 0 Å². The van der Waals surface area contributed by atoms with Gasteiger partial charge >= 0.3 is 0 Å². The monoisotopic (exact) mass is 453 g/mol. The smallest absolute Gasteiger partial charge is 0.222 e. The second kappa shape index (κ2) is 12.3. The fourth-order valence-electron chi connectivity index (χ4n) is 2.39. The Morgan fingerprint density at radius 3 is 2.54 bits per heavy atom. The first kappa shape index (κ1) is 22.9. The summed E-state index contributed by atoms with van der Waals surface area (Å²) in [5.41, 5.74) is 0. The van der Waals surface area contributed by atoms with Crippen molar-refractivity contribution in [1.82, 2.24) is 20.9 Å². The first-order chi connectivity index (χ1) is 11.0. The summed E-state index contributed by atoms with van der Waals surface area (Å²) in [6.07, 6.45) is 1.48. The van der Waals surface area contributed by atoms with E-state index in [4.69, 9.17) is 0 Å². The molecule has 24 heavy (non-hydrogen) atoms. The first-order valence-electron chi connectivity index (χ1n) is 8.58. The van der Waals surface area contributed by atoms with E-state index < -0.39 is 0 Å². The molecule has 0 bridgehead atoms. The summed E-state index contributed by atoms with van der Waals surface area (Å²) in [5.74, 6) is 0.975. The quantitative estimate of drug-likeness (QED) is 0.232. The minimum absolute atomic E-state index is 0. The molecule has 0 aromatic carbocycles. The topological polar surface area (TPSA) is 85.8 Å². The Balaban J connectivity index is 0.00000529. The number of amides is 2. The highest BCUT2D eigenvalue weighted by Gasteiger charge is 2.25. The Kier molecular flexibility index (Phi) is 11.8. The summed E-state index contributed by atoms with van der Waals surface area (Å²) in [4.78, 5) is 29.6. The van der Waals surface area contributed by atoms with Crippen LogP contribution in [0.25, 0.3) is 0 Å². The molecule has 0 aliphatic carbocycles. The number of halogens is 1. The van der Waals surface area contributed by atoms with E-state index in [1.54, 1.807) is 0 Å². The van der Waals surface area contributed by atoms with Crippen molar-refractivity contribution < 1.29 is 9.59 Å². The molecular weight excluding hydrogens is 421 g/mol. The van der Waals surface area contributed by atoms with Crippen LogP contribution in [0.2, 0.25) is 0 Å². The molecule has 0 aromatic rings. The van der Waals surface area contributed by atoms with Crippen LogP contribution >= 0.6 is 24.0 Å². The number of hydrogen-bond donors (Lipinski definition) is 3. The van der Waals surface area contributed by atoms with Crippen molar-refractivity contribution in [3.8, 4) is 0 Å². The lowest BCUT2D eigenvalue weighted by atomic mass is 10.2. The number of hydrogen-bond acceptors (Lipinski definition) is 3. The Labute approximate surface area is 162 Å². The van der Waals surface area contributed by atoms with Crippen LogP contribution in [0.1, 0.15) is 40.5 Å². The molecule has 0 aromatic heterocycles. The fourth-order valence-corrected chi connectivity index (χ4v) is 2.39. The highest BCUT2D eigenvalue weighted by Crippen LogP contribution is 2.10. The summed E-state index contributed by atoms with van der Waals surface area (Å²) < 4.78 is 0. The predicted molar refractivity (Wildman–Crippen MR) is 108 cm³/mol. The normalized spacial score (nSPS) is 17.5.